The van der Waals surface area contributed by atoms with Gasteiger partial charge < -0.3 is 10.2 Å². The summed E-state index contributed by atoms with van der Waals surface area (Å²) in [6.07, 6.45) is 1.63. The largest absolute Gasteiger partial charge is 0.350 e. The summed E-state index contributed by atoms with van der Waals surface area (Å²) >= 11 is 0. The third-order valence-corrected chi connectivity index (χ3v) is 3.49. The lowest BCUT2D eigenvalue weighted by molar-refractivity contribution is -0.117. The first-order valence-electron chi connectivity index (χ1n) is 7.60. The molecule has 0 unspecified atom stereocenters. The van der Waals surface area contributed by atoms with E-state index in [1.165, 1.54) is 4.40 Å². The van der Waals surface area contributed by atoms with Crippen molar-refractivity contribution in [3.05, 3.63) is 64.7 Å². The molecular weight excluding hydrogens is 306 g/mol. The average Bonchev–Trinajstić information content (AvgIpc) is 2.83. The number of nitrogens with zero attached hydrogens (tertiary/aromatic N) is 4. The summed E-state index contributed by atoms with van der Waals surface area (Å²) in [6.45, 7) is 0.661. The maximum Gasteiger partial charge on any atom is 0.350 e. The van der Waals surface area contributed by atoms with E-state index in [1.54, 1.807) is 24.4 Å². The van der Waals surface area contributed by atoms with E-state index >= 15 is 0 Å². The van der Waals surface area contributed by atoms with Crippen molar-refractivity contribution in [2.75, 3.05) is 19.4 Å². The van der Waals surface area contributed by atoms with Crippen LogP contribution in [0.2, 0.25) is 0 Å². The van der Waals surface area contributed by atoms with Gasteiger partial charge >= 0.3 is 5.69 Å². The van der Waals surface area contributed by atoms with Crippen molar-refractivity contribution in [3.8, 4) is 0 Å². The van der Waals surface area contributed by atoms with Gasteiger partial charge in [-0.1, -0.05) is 18.2 Å². The highest BCUT2D eigenvalue weighted by Crippen LogP contribution is 2.12. The van der Waals surface area contributed by atoms with Crippen LogP contribution in [0.5, 0.6) is 0 Å². The number of hydrogen-bond donors (Lipinski definition) is 1. The number of nitrogens with one attached hydrogen (secondary N) is 1. The Morgan fingerprint density at radius 3 is 2.79 bits per heavy atom. The molecule has 7 heteroatoms. The van der Waals surface area contributed by atoms with Gasteiger partial charge in [-0.15, -0.1) is 5.10 Å². The van der Waals surface area contributed by atoms with Gasteiger partial charge in [-0.25, -0.2) is 9.48 Å². The van der Waals surface area contributed by atoms with Gasteiger partial charge in [-0.3, -0.25) is 9.20 Å². The van der Waals surface area contributed by atoms with Crippen molar-refractivity contribution >= 4 is 17.2 Å². The van der Waals surface area contributed by atoms with Crippen molar-refractivity contribution in [3.63, 3.8) is 0 Å². The second-order valence-electron chi connectivity index (χ2n) is 5.86. The number of rotatable bonds is 5. The lowest BCUT2D eigenvalue weighted by Crippen LogP contribution is -2.28. The number of pyridine rings is 1. The molecule has 0 radical (unpaired) electrons. The Hall–Kier alpha value is -2.93. The number of benzene rings is 1. The highest BCUT2D eigenvalue weighted by molar-refractivity contribution is 5.90. The van der Waals surface area contributed by atoms with Gasteiger partial charge in [-0.2, -0.15) is 0 Å². The molecule has 124 valence electrons. The number of amides is 1. The van der Waals surface area contributed by atoms with E-state index in [0.717, 1.165) is 16.8 Å². The van der Waals surface area contributed by atoms with Gasteiger partial charge in [0.25, 0.3) is 0 Å². The molecule has 0 saturated carbocycles. The quantitative estimate of drug-likeness (QED) is 0.765. The van der Waals surface area contributed by atoms with E-state index in [0.29, 0.717) is 11.3 Å². The fourth-order valence-electron chi connectivity index (χ4n) is 2.52. The number of anilines is 1. The average molecular weight is 325 g/mol. The van der Waals surface area contributed by atoms with Crippen LogP contribution >= 0.6 is 0 Å². The second-order valence-corrected chi connectivity index (χ2v) is 5.86. The molecule has 0 spiro atoms. The molecule has 0 aliphatic rings. The molecule has 1 aromatic carbocycles. The Morgan fingerprint density at radius 2 is 2.04 bits per heavy atom. The summed E-state index contributed by atoms with van der Waals surface area (Å²) in [6, 6.07) is 12.9. The van der Waals surface area contributed by atoms with Crippen molar-refractivity contribution in [1.29, 1.82) is 0 Å². The van der Waals surface area contributed by atoms with Gasteiger partial charge in [0.2, 0.25) is 5.91 Å². The van der Waals surface area contributed by atoms with Crippen LogP contribution in [0.15, 0.2) is 53.5 Å². The Labute approximate surface area is 139 Å². The van der Waals surface area contributed by atoms with E-state index < -0.39 is 0 Å². The molecule has 0 saturated heterocycles. The van der Waals surface area contributed by atoms with E-state index in [-0.39, 0.29) is 18.1 Å². The minimum atomic E-state index is -0.331. The molecule has 3 aromatic rings. The summed E-state index contributed by atoms with van der Waals surface area (Å²) < 4.78 is 2.57. The van der Waals surface area contributed by atoms with E-state index in [1.807, 2.05) is 38.4 Å². The van der Waals surface area contributed by atoms with Crippen molar-refractivity contribution < 1.29 is 4.79 Å². The van der Waals surface area contributed by atoms with Gasteiger partial charge in [0, 0.05) is 18.4 Å². The molecule has 24 heavy (non-hydrogen) atoms. The molecule has 3 rings (SSSR count). The molecule has 2 heterocycles. The SMILES string of the molecule is CN(C)Cc1cccc(NC(=O)Cn2nc3ccccn3c2=O)c1. The Bertz CT molecular complexity index is 926. The fraction of sp³-hybridized carbons (Fsp3) is 0.235. The Balaban J connectivity index is 1.73. The number of carbonyl (C=O) groups excluding carboxylic acids is 1. The normalized spacial score (nSPS) is 11.1. The predicted molar refractivity (Wildman–Crippen MR) is 91.9 cm³/mol. The van der Waals surface area contributed by atoms with Gasteiger partial charge in [0.05, 0.1) is 0 Å². The summed E-state index contributed by atoms with van der Waals surface area (Å²) in [4.78, 5) is 26.4. The molecule has 0 aliphatic heterocycles. The van der Waals surface area contributed by atoms with Crippen LogP contribution in [0.1, 0.15) is 5.56 Å². The number of fused-ring (bicyclic) bond motifs is 1. The van der Waals surface area contributed by atoms with Crippen LogP contribution in [0.4, 0.5) is 5.69 Å². The van der Waals surface area contributed by atoms with Gasteiger partial charge in [-0.05, 0) is 43.9 Å². The highest BCUT2D eigenvalue weighted by Gasteiger charge is 2.10. The summed E-state index contributed by atoms with van der Waals surface area (Å²) in [5.74, 6) is -0.289. The summed E-state index contributed by atoms with van der Waals surface area (Å²) in [5, 5.41) is 6.96. The first-order chi connectivity index (χ1) is 11.5. The Kier molecular flexibility index (Phi) is 4.43. The topological polar surface area (TPSA) is 71.6 Å². The van der Waals surface area contributed by atoms with Crippen LogP contribution in [0.3, 0.4) is 0 Å². The van der Waals surface area contributed by atoms with Crippen molar-refractivity contribution in [1.82, 2.24) is 19.1 Å². The highest BCUT2D eigenvalue weighted by atomic mass is 16.2. The first-order valence-corrected chi connectivity index (χ1v) is 7.60. The third-order valence-electron chi connectivity index (χ3n) is 3.49. The molecule has 1 amide bonds. The maximum absolute atomic E-state index is 12.2. The zero-order valence-electron chi connectivity index (χ0n) is 13.6. The lowest BCUT2D eigenvalue weighted by atomic mass is 10.2. The monoisotopic (exact) mass is 325 g/mol. The van der Waals surface area contributed by atoms with E-state index in [4.69, 9.17) is 0 Å². The third kappa shape index (κ3) is 3.52. The van der Waals surface area contributed by atoms with E-state index in [2.05, 4.69) is 15.3 Å². The minimum Gasteiger partial charge on any atom is -0.324 e. The lowest BCUT2D eigenvalue weighted by Gasteiger charge is -2.11. The van der Waals surface area contributed by atoms with E-state index in [9.17, 15) is 9.59 Å². The number of aromatic nitrogens is 3. The zero-order chi connectivity index (χ0) is 17.1. The fourth-order valence-corrected chi connectivity index (χ4v) is 2.52. The molecule has 0 aliphatic carbocycles. The predicted octanol–water partition coefficient (Wildman–Crippen LogP) is 1.20. The molecule has 1 N–H and O–H groups in total. The second kappa shape index (κ2) is 6.67. The molecule has 7 nitrogen and oxygen atoms in total. The standard InChI is InChI=1S/C17H19N5O2/c1-20(2)11-13-6-5-7-14(10-13)18-16(23)12-22-17(24)21-9-4-3-8-15(21)19-22/h3-10H,11-12H2,1-2H3,(H,18,23). The molecule has 0 bridgehead atoms. The van der Waals surface area contributed by atoms with Crippen LogP contribution in [0, 0.1) is 0 Å². The number of hydrogen-bond acceptors (Lipinski definition) is 4. The van der Waals surface area contributed by atoms with Gasteiger partial charge in [0.1, 0.15) is 6.54 Å². The van der Waals surface area contributed by atoms with Crippen LogP contribution in [-0.2, 0) is 17.9 Å². The van der Waals surface area contributed by atoms with Crippen LogP contribution in [-0.4, -0.2) is 39.1 Å². The van der Waals surface area contributed by atoms with Crippen LogP contribution in [0.25, 0.3) is 5.65 Å². The number of carbonyl (C=O) groups is 1. The van der Waals surface area contributed by atoms with Crippen molar-refractivity contribution in [2.45, 2.75) is 13.1 Å². The maximum atomic E-state index is 12.2. The molecule has 0 atom stereocenters. The van der Waals surface area contributed by atoms with Crippen molar-refractivity contribution in [2.24, 2.45) is 0 Å². The minimum absolute atomic E-state index is 0.127. The Morgan fingerprint density at radius 1 is 1.21 bits per heavy atom. The smallest absolute Gasteiger partial charge is 0.324 e. The summed E-state index contributed by atoms with van der Waals surface area (Å²) in [5.41, 5.74) is 1.99. The van der Waals surface area contributed by atoms with Crippen LogP contribution < -0.4 is 11.0 Å². The zero-order valence-corrected chi connectivity index (χ0v) is 13.6. The van der Waals surface area contributed by atoms with Gasteiger partial charge in [0.15, 0.2) is 5.65 Å². The molecular formula is C17H19N5O2. The first kappa shape index (κ1) is 15.9. The molecule has 0 fully saturated rings. The molecule has 2 aromatic heterocycles. The summed E-state index contributed by atoms with van der Waals surface area (Å²) in [7, 11) is 3.97.